The summed E-state index contributed by atoms with van der Waals surface area (Å²) >= 11 is 6.06. The Morgan fingerprint density at radius 1 is 1.13 bits per heavy atom. The summed E-state index contributed by atoms with van der Waals surface area (Å²) in [5.41, 5.74) is 1.93. The lowest BCUT2D eigenvalue weighted by atomic mass is 9.93. The van der Waals surface area contributed by atoms with Gasteiger partial charge in [0.05, 0.1) is 11.9 Å². The number of nitrogens with zero attached hydrogens (tertiary/aromatic N) is 4. The lowest BCUT2D eigenvalue weighted by Crippen LogP contribution is -2.45. The van der Waals surface area contributed by atoms with Gasteiger partial charge in [0.25, 0.3) is 5.91 Å². The van der Waals surface area contributed by atoms with Crippen molar-refractivity contribution in [2.24, 2.45) is 0 Å². The van der Waals surface area contributed by atoms with Crippen LogP contribution in [0.1, 0.15) is 30.0 Å². The molecule has 4 heterocycles. The molecule has 2 aliphatic rings. The van der Waals surface area contributed by atoms with Crippen LogP contribution in [0.4, 0.5) is 11.6 Å². The van der Waals surface area contributed by atoms with Gasteiger partial charge in [0.2, 0.25) is 0 Å². The van der Waals surface area contributed by atoms with E-state index in [1.807, 2.05) is 41.4 Å². The van der Waals surface area contributed by atoms with Crippen molar-refractivity contribution in [3.8, 4) is 5.75 Å². The summed E-state index contributed by atoms with van der Waals surface area (Å²) in [7, 11) is 0. The second kappa shape index (κ2) is 8.51. The van der Waals surface area contributed by atoms with Gasteiger partial charge in [-0.05, 0) is 48.7 Å². The second-order valence-corrected chi connectivity index (χ2v) is 8.27. The van der Waals surface area contributed by atoms with Gasteiger partial charge in [-0.3, -0.25) is 9.78 Å². The molecule has 0 bridgehead atoms. The van der Waals surface area contributed by atoms with Gasteiger partial charge in [-0.1, -0.05) is 17.7 Å². The number of carbonyl (C=O) groups excluding carboxylic acids is 1. The molecular formula is C23H22ClN5O2. The van der Waals surface area contributed by atoms with Crippen LogP contribution in [-0.4, -0.2) is 45.0 Å². The topological polar surface area (TPSA) is 80.2 Å². The number of aromatic nitrogens is 3. The number of carbonyl (C=O) groups is 1. The number of anilines is 2. The number of hydrogen-bond acceptors (Lipinski definition) is 6. The molecule has 0 unspecified atom stereocenters. The molecule has 0 saturated carbocycles. The molecule has 0 radical (unpaired) electrons. The van der Waals surface area contributed by atoms with Crippen molar-refractivity contribution in [3.63, 3.8) is 0 Å². The molecular weight excluding hydrogens is 414 g/mol. The van der Waals surface area contributed by atoms with Crippen molar-refractivity contribution < 1.29 is 9.53 Å². The Labute approximate surface area is 185 Å². The zero-order valence-corrected chi connectivity index (χ0v) is 17.6. The van der Waals surface area contributed by atoms with E-state index in [-0.39, 0.29) is 11.8 Å². The van der Waals surface area contributed by atoms with Gasteiger partial charge in [0, 0.05) is 42.8 Å². The predicted molar refractivity (Wildman–Crippen MR) is 118 cm³/mol. The Morgan fingerprint density at radius 2 is 2.00 bits per heavy atom. The minimum Gasteiger partial charge on any atom is -0.480 e. The Kier molecular flexibility index (Phi) is 5.42. The number of halogens is 1. The largest absolute Gasteiger partial charge is 0.480 e. The van der Waals surface area contributed by atoms with Gasteiger partial charge in [0.15, 0.2) is 6.10 Å². The van der Waals surface area contributed by atoms with Gasteiger partial charge in [-0.2, -0.15) is 0 Å². The maximum atomic E-state index is 13.0. The van der Waals surface area contributed by atoms with E-state index in [1.165, 1.54) is 0 Å². The molecule has 2 aliphatic heterocycles. The van der Waals surface area contributed by atoms with Crippen LogP contribution < -0.4 is 10.1 Å². The molecule has 1 N–H and O–H groups in total. The average Bonchev–Trinajstić information content (AvgIpc) is 3.23. The Balaban J connectivity index is 1.19. The molecule has 0 spiro atoms. The fourth-order valence-electron chi connectivity index (χ4n) is 4.16. The standard InChI is InChI=1S/C23H22ClN5O2/c24-17-4-5-19-16(11-17)12-20(31-19)23(30)29-9-6-15(7-10-29)18-13-25-14-22(27-18)28-21-3-1-2-8-26-21/h1-5,8,11,13-15,20H,6-7,9-10,12H2,(H,26,27,28)/t20-/m1/s1. The average molecular weight is 436 g/mol. The van der Waals surface area contributed by atoms with Crippen LogP contribution >= 0.6 is 11.6 Å². The highest BCUT2D eigenvalue weighted by molar-refractivity contribution is 6.30. The lowest BCUT2D eigenvalue weighted by Gasteiger charge is -2.33. The molecule has 158 valence electrons. The van der Waals surface area contributed by atoms with E-state index in [0.29, 0.717) is 30.4 Å². The van der Waals surface area contributed by atoms with Crippen molar-refractivity contribution in [1.82, 2.24) is 19.9 Å². The number of pyridine rings is 1. The summed E-state index contributed by atoms with van der Waals surface area (Å²) in [6.45, 7) is 1.36. The fraction of sp³-hybridized carbons (Fsp3) is 0.304. The van der Waals surface area contributed by atoms with Gasteiger partial charge in [-0.15, -0.1) is 0 Å². The molecule has 0 aliphatic carbocycles. The summed E-state index contributed by atoms with van der Waals surface area (Å²) < 4.78 is 5.87. The first-order chi connectivity index (χ1) is 15.2. The lowest BCUT2D eigenvalue weighted by molar-refractivity contribution is -0.139. The first kappa shape index (κ1) is 19.8. The number of nitrogens with one attached hydrogen (secondary N) is 1. The number of ether oxygens (including phenoxy) is 1. The van der Waals surface area contributed by atoms with Crippen LogP contribution in [0.15, 0.2) is 55.0 Å². The highest BCUT2D eigenvalue weighted by Gasteiger charge is 2.34. The molecule has 2 aromatic heterocycles. The van der Waals surface area contributed by atoms with E-state index in [9.17, 15) is 4.79 Å². The molecule has 1 aromatic carbocycles. The predicted octanol–water partition coefficient (Wildman–Crippen LogP) is 3.98. The van der Waals surface area contributed by atoms with E-state index in [1.54, 1.807) is 18.5 Å². The van der Waals surface area contributed by atoms with Crippen molar-refractivity contribution in [1.29, 1.82) is 0 Å². The van der Waals surface area contributed by atoms with Crippen molar-refractivity contribution in [2.75, 3.05) is 18.4 Å². The van der Waals surface area contributed by atoms with E-state index < -0.39 is 6.10 Å². The van der Waals surface area contributed by atoms with Gasteiger partial charge in [0.1, 0.15) is 17.4 Å². The highest BCUT2D eigenvalue weighted by Crippen LogP contribution is 2.33. The van der Waals surface area contributed by atoms with Crippen LogP contribution in [0.2, 0.25) is 5.02 Å². The highest BCUT2D eigenvalue weighted by atomic mass is 35.5. The third kappa shape index (κ3) is 4.32. The monoisotopic (exact) mass is 435 g/mol. The zero-order valence-electron chi connectivity index (χ0n) is 16.9. The number of amides is 1. The van der Waals surface area contributed by atoms with E-state index in [0.717, 1.165) is 35.7 Å². The summed E-state index contributed by atoms with van der Waals surface area (Å²) in [6, 6.07) is 11.2. The molecule has 5 rings (SSSR count). The quantitative estimate of drug-likeness (QED) is 0.667. The number of hydrogen-bond donors (Lipinski definition) is 1. The Hall–Kier alpha value is -3.19. The van der Waals surface area contributed by atoms with E-state index >= 15 is 0 Å². The fourth-order valence-corrected chi connectivity index (χ4v) is 4.35. The third-order valence-electron chi connectivity index (χ3n) is 5.77. The van der Waals surface area contributed by atoms with Crippen LogP contribution in [-0.2, 0) is 11.2 Å². The Morgan fingerprint density at radius 3 is 2.81 bits per heavy atom. The summed E-state index contributed by atoms with van der Waals surface area (Å²) in [5, 5.41) is 3.85. The zero-order chi connectivity index (χ0) is 21.2. The molecule has 8 heteroatoms. The maximum absolute atomic E-state index is 13.0. The van der Waals surface area contributed by atoms with Gasteiger partial charge < -0.3 is 15.0 Å². The van der Waals surface area contributed by atoms with E-state index in [2.05, 4.69) is 15.3 Å². The second-order valence-electron chi connectivity index (χ2n) is 7.83. The summed E-state index contributed by atoms with van der Waals surface area (Å²) in [5.74, 6) is 2.47. The number of fused-ring (bicyclic) bond motifs is 1. The smallest absolute Gasteiger partial charge is 0.263 e. The van der Waals surface area contributed by atoms with Crippen molar-refractivity contribution >= 4 is 29.1 Å². The number of rotatable bonds is 4. The first-order valence-corrected chi connectivity index (χ1v) is 10.8. The maximum Gasteiger partial charge on any atom is 0.263 e. The van der Waals surface area contributed by atoms with Crippen molar-refractivity contribution in [2.45, 2.75) is 31.3 Å². The molecule has 1 fully saturated rings. The normalized spacial score (nSPS) is 18.4. The van der Waals surface area contributed by atoms with Crippen LogP contribution in [0.25, 0.3) is 0 Å². The molecule has 1 saturated heterocycles. The number of likely N-dealkylation sites (tertiary alicyclic amines) is 1. The molecule has 1 atom stereocenters. The SMILES string of the molecule is O=C([C@H]1Cc2cc(Cl)ccc2O1)N1CCC(c2cncc(Nc3ccccn3)n2)CC1. The summed E-state index contributed by atoms with van der Waals surface area (Å²) in [6.07, 6.45) is 7.03. The summed E-state index contributed by atoms with van der Waals surface area (Å²) in [4.78, 5) is 28.2. The minimum absolute atomic E-state index is 0.0439. The van der Waals surface area contributed by atoms with Gasteiger partial charge in [-0.25, -0.2) is 9.97 Å². The number of benzene rings is 1. The van der Waals surface area contributed by atoms with Gasteiger partial charge >= 0.3 is 0 Å². The third-order valence-corrected chi connectivity index (χ3v) is 6.01. The van der Waals surface area contributed by atoms with Crippen molar-refractivity contribution in [3.05, 3.63) is 71.3 Å². The molecule has 3 aromatic rings. The van der Waals surface area contributed by atoms with Crippen LogP contribution in [0.3, 0.4) is 0 Å². The van der Waals surface area contributed by atoms with Crippen LogP contribution in [0, 0.1) is 0 Å². The molecule has 1 amide bonds. The Bertz CT molecular complexity index is 1090. The first-order valence-electron chi connectivity index (χ1n) is 10.4. The molecule has 31 heavy (non-hydrogen) atoms. The minimum atomic E-state index is -0.462. The number of piperidine rings is 1. The van der Waals surface area contributed by atoms with Crippen LogP contribution in [0.5, 0.6) is 5.75 Å². The molecule has 7 nitrogen and oxygen atoms in total. The van der Waals surface area contributed by atoms with E-state index in [4.69, 9.17) is 21.3 Å².